The fraction of sp³-hybridized carbons (Fsp3) is 0.435. The molecule has 0 radical (unpaired) electrons. The summed E-state index contributed by atoms with van der Waals surface area (Å²) in [6, 6.07) is 12.3. The van der Waals surface area contributed by atoms with Crippen molar-refractivity contribution in [2.24, 2.45) is 5.92 Å². The minimum Gasteiger partial charge on any atom is -0.467 e. The van der Waals surface area contributed by atoms with Crippen molar-refractivity contribution in [1.29, 1.82) is 0 Å². The number of aryl methyl sites for hydroxylation is 1. The average molecular weight is 425 g/mol. The van der Waals surface area contributed by atoms with E-state index in [-0.39, 0.29) is 11.9 Å². The van der Waals surface area contributed by atoms with Gasteiger partial charge in [0.2, 0.25) is 5.91 Å². The molecule has 0 unspecified atom stereocenters. The van der Waals surface area contributed by atoms with Gasteiger partial charge in [0.25, 0.3) is 0 Å². The van der Waals surface area contributed by atoms with Crippen molar-refractivity contribution in [2.75, 3.05) is 5.75 Å². The van der Waals surface area contributed by atoms with Crippen molar-refractivity contribution in [3.63, 3.8) is 0 Å². The van der Waals surface area contributed by atoms with E-state index in [2.05, 4.69) is 41.5 Å². The molecular formula is C23H28N4O2S. The van der Waals surface area contributed by atoms with Crippen LogP contribution in [0.2, 0.25) is 0 Å². The molecule has 1 saturated carbocycles. The third-order valence-electron chi connectivity index (χ3n) is 5.68. The smallest absolute Gasteiger partial charge is 0.230 e. The molecule has 1 aliphatic carbocycles. The molecule has 0 spiro atoms. The number of hydrogen-bond acceptors (Lipinski definition) is 5. The van der Waals surface area contributed by atoms with Crippen LogP contribution in [0.1, 0.15) is 43.9 Å². The molecule has 7 heteroatoms. The molecule has 2 heterocycles. The highest BCUT2D eigenvalue weighted by molar-refractivity contribution is 7.99. The number of amides is 1. The number of benzene rings is 1. The third kappa shape index (κ3) is 4.95. The summed E-state index contributed by atoms with van der Waals surface area (Å²) in [6.45, 7) is 4.81. The predicted molar refractivity (Wildman–Crippen MR) is 118 cm³/mol. The number of thioether (sulfide) groups is 1. The molecule has 1 N–H and O–H groups in total. The van der Waals surface area contributed by atoms with Crippen molar-refractivity contribution in [1.82, 2.24) is 20.1 Å². The van der Waals surface area contributed by atoms with Gasteiger partial charge in [0.1, 0.15) is 5.76 Å². The van der Waals surface area contributed by atoms with E-state index < -0.39 is 0 Å². The highest BCUT2D eigenvalue weighted by atomic mass is 32.2. The first kappa shape index (κ1) is 20.7. The largest absolute Gasteiger partial charge is 0.467 e. The summed E-state index contributed by atoms with van der Waals surface area (Å²) in [5, 5.41) is 12.8. The van der Waals surface area contributed by atoms with E-state index in [9.17, 15) is 4.79 Å². The van der Waals surface area contributed by atoms with Crippen molar-refractivity contribution in [3.8, 4) is 11.4 Å². The fourth-order valence-corrected chi connectivity index (χ4v) is 4.75. The SMILES string of the molecule is Cc1cccc(-c2nnc(SCC(=O)N[C@H]3CCCC[C@H]3C)n2Cc2ccco2)c1. The summed E-state index contributed by atoms with van der Waals surface area (Å²) < 4.78 is 7.57. The Morgan fingerprint density at radius 1 is 1.23 bits per heavy atom. The summed E-state index contributed by atoms with van der Waals surface area (Å²) in [4.78, 5) is 12.6. The highest BCUT2D eigenvalue weighted by Crippen LogP contribution is 2.27. The van der Waals surface area contributed by atoms with E-state index in [4.69, 9.17) is 4.42 Å². The van der Waals surface area contributed by atoms with Crippen molar-refractivity contribution < 1.29 is 9.21 Å². The summed E-state index contributed by atoms with van der Waals surface area (Å²) in [6.07, 6.45) is 6.39. The molecular weight excluding hydrogens is 396 g/mol. The lowest BCUT2D eigenvalue weighted by molar-refractivity contribution is -0.119. The average Bonchev–Trinajstić information content (AvgIpc) is 3.39. The van der Waals surface area contributed by atoms with Crippen LogP contribution in [0.3, 0.4) is 0 Å². The molecule has 3 aromatic rings. The molecule has 6 nitrogen and oxygen atoms in total. The maximum atomic E-state index is 12.6. The number of aromatic nitrogens is 3. The normalized spacial score (nSPS) is 19.0. The molecule has 1 aromatic carbocycles. The maximum Gasteiger partial charge on any atom is 0.230 e. The lowest BCUT2D eigenvalue weighted by atomic mass is 9.86. The van der Waals surface area contributed by atoms with Gasteiger partial charge < -0.3 is 9.73 Å². The number of furan rings is 1. The molecule has 158 valence electrons. The Kier molecular flexibility index (Phi) is 6.57. The summed E-state index contributed by atoms with van der Waals surface area (Å²) in [5.41, 5.74) is 2.16. The zero-order chi connectivity index (χ0) is 20.9. The summed E-state index contributed by atoms with van der Waals surface area (Å²) in [7, 11) is 0. The van der Waals surface area contributed by atoms with Gasteiger partial charge in [-0.2, -0.15) is 0 Å². The van der Waals surface area contributed by atoms with Gasteiger partial charge in [-0.05, 0) is 43.9 Å². The topological polar surface area (TPSA) is 73.0 Å². The molecule has 2 aromatic heterocycles. The Morgan fingerprint density at radius 3 is 2.87 bits per heavy atom. The highest BCUT2D eigenvalue weighted by Gasteiger charge is 2.23. The molecule has 2 atom stereocenters. The van der Waals surface area contributed by atoms with Gasteiger partial charge in [-0.1, -0.05) is 55.3 Å². The first-order chi connectivity index (χ1) is 14.6. The first-order valence-corrected chi connectivity index (χ1v) is 11.5. The monoisotopic (exact) mass is 424 g/mol. The van der Waals surface area contributed by atoms with Gasteiger partial charge in [0, 0.05) is 11.6 Å². The Morgan fingerprint density at radius 2 is 2.10 bits per heavy atom. The predicted octanol–water partition coefficient (Wildman–Crippen LogP) is 4.68. The molecule has 30 heavy (non-hydrogen) atoms. The molecule has 0 saturated heterocycles. The second-order valence-electron chi connectivity index (χ2n) is 8.07. The minimum atomic E-state index is 0.0587. The molecule has 1 amide bonds. The number of rotatable bonds is 7. The van der Waals surface area contributed by atoms with Crippen LogP contribution in [0.5, 0.6) is 0 Å². The number of hydrogen-bond donors (Lipinski definition) is 1. The van der Waals surface area contributed by atoms with Crippen molar-refractivity contribution in [3.05, 3.63) is 54.0 Å². The van der Waals surface area contributed by atoms with Gasteiger partial charge in [0.15, 0.2) is 11.0 Å². The van der Waals surface area contributed by atoms with Crippen LogP contribution in [-0.2, 0) is 11.3 Å². The van der Waals surface area contributed by atoms with Crippen LogP contribution in [-0.4, -0.2) is 32.5 Å². The van der Waals surface area contributed by atoms with Gasteiger partial charge in [0.05, 0.1) is 18.6 Å². The Bertz CT molecular complexity index is 983. The molecule has 0 aliphatic heterocycles. The summed E-state index contributed by atoms with van der Waals surface area (Å²) >= 11 is 1.42. The second-order valence-corrected chi connectivity index (χ2v) is 9.01. The second kappa shape index (κ2) is 9.51. The molecule has 0 bridgehead atoms. The fourth-order valence-electron chi connectivity index (χ4n) is 4.00. The third-order valence-corrected chi connectivity index (χ3v) is 6.64. The van der Waals surface area contributed by atoms with E-state index in [0.717, 1.165) is 34.3 Å². The van der Waals surface area contributed by atoms with Crippen LogP contribution in [0.25, 0.3) is 11.4 Å². The van der Waals surface area contributed by atoms with Crippen molar-refractivity contribution >= 4 is 17.7 Å². The Balaban J connectivity index is 1.50. The van der Waals surface area contributed by atoms with Gasteiger partial charge in [-0.15, -0.1) is 10.2 Å². The van der Waals surface area contributed by atoms with E-state index in [0.29, 0.717) is 18.2 Å². The summed E-state index contributed by atoms with van der Waals surface area (Å²) in [5.74, 6) is 2.53. The standard InChI is InChI=1S/C23H28N4O2S/c1-16-7-5-9-18(13-16)22-25-26-23(27(22)14-19-10-6-12-29-19)30-15-21(28)24-20-11-4-3-8-17(20)2/h5-7,9-10,12-13,17,20H,3-4,8,11,14-15H2,1-2H3,(H,24,28)/t17-,20+/m1/s1. The quantitative estimate of drug-likeness (QED) is 0.558. The van der Waals surface area contributed by atoms with E-state index >= 15 is 0 Å². The lowest BCUT2D eigenvalue weighted by Gasteiger charge is -2.29. The van der Waals surface area contributed by atoms with Crippen LogP contribution in [0.15, 0.2) is 52.2 Å². The Labute approximate surface area is 181 Å². The maximum absolute atomic E-state index is 12.6. The zero-order valence-corrected chi connectivity index (χ0v) is 18.3. The van der Waals surface area contributed by atoms with Gasteiger partial charge >= 0.3 is 0 Å². The van der Waals surface area contributed by atoms with Gasteiger partial charge in [-0.3, -0.25) is 9.36 Å². The van der Waals surface area contributed by atoms with E-state index in [1.165, 1.54) is 31.0 Å². The van der Waals surface area contributed by atoms with Crippen LogP contribution in [0.4, 0.5) is 0 Å². The molecule has 1 aliphatic rings. The van der Waals surface area contributed by atoms with Gasteiger partial charge in [-0.25, -0.2) is 0 Å². The van der Waals surface area contributed by atoms with Crippen LogP contribution < -0.4 is 5.32 Å². The van der Waals surface area contributed by atoms with E-state index in [1.54, 1.807) is 6.26 Å². The van der Waals surface area contributed by atoms with Crippen LogP contribution in [0, 0.1) is 12.8 Å². The van der Waals surface area contributed by atoms with E-state index in [1.807, 2.05) is 28.8 Å². The van der Waals surface area contributed by atoms with Crippen molar-refractivity contribution in [2.45, 2.75) is 57.3 Å². The minimum absolute atomic E-state index is 0.0587. The number of carbonyl (C=O) groups excluding carboxylic acids is 1. The number of nitrogens with one attached hydrogen (secondary N) is 1. The zero-order valence-electron chi connectivity index (χ0n) is 17.5. The molecule has 4 rings (SSSR count). The first-order valence-electron chi connectivity index (χ1n) is 10.5. The number of carbonyl (C=O) groups is 1. The Hall–Kier alpha value is -2.54. The molecule has 1 fully saturated rings. The number of nitrogens with zero attached hydrogens (tertiary/aromatic N) is 3. The van der Waals surface area contributed by atoms with Crippen LogP contribution >= 0.6 is 11.8 Å². The lowest BCUT2D eigenvalue weighted by Crippen LogP contribution is -2.41.